The van der Waals surface area contributed by atoms with Gasteiger partial charge >= 0.3 is 5.97 Å². The van der Waals surface area contributed by atoms with Crippen molar-refractivity contribution in [1.82, 2.24) is 35.6 Å². The quantitative estimate of drug-likeness (QED) is 0.0631. The Bertz CT molecular complexity index is 2520. The molecule has 0 bridgehead atoms. The summed E-state index contributed by atoms with van der Waals surface area (Å²) in [5.41, 5.74) is 2.40. The second-order valence-corrected chi connectivity index (χ2v) is 16.8. The van der Waals surface area contributed by atoms with Crippen LogP contribution in [0, 0.1) is 16.7 Å². The van der Waals surface area contributed by atoms with Crippen LogP contribution >= 0.6 is 0 Å². The van der Waals surface area contributed by atoms with Crippen molar-refractivity contribution in [3.63, 3.8) is 0 Å². The van der Waals surface area contributed by atoms with Crippen LogP contribution in [-0.4, -0.2) is 105 Å². The maximum absolute atomic E-state index is 13.3. The molecule has 5 heterocycles. The van der Waals surface area contributed by atoms with Gasteiger partial charge in [-0.05, 0) is 74.6 Å². The van der Waals surface area contributed by atoms with E-state index in [0.29, 0.717) is 96.9 Å². The van der Waals surface area contributed by atoms with Gasteiger partial charge in [0, 0.05) is 67.2 Å². The number of rotatable bonds is 21. The van der Waals surface area contributed by atoms with Gasteiger partial charge < -0.3 is 40.2 Å². The van der Waals surface area contributed by atoms with E-state index in [-0.39, 0.29) is 41.7 Å². The third-order valence-electron chi connectivity index (χ3n) is 10.4. The molecule has 1 aliphatic rings. The van der Waals surface area contributed by atoms with Crippen molar-refractivity contribution in [2.24, 2.45) is 5.41 Å². The van der Waals surface area contributed by atoms with E-state index in [1.165, 1.54) is 18.3 Å². The molecule has 338 valence electrons. The zero-order valence-corrected chi connectivity index (χ0v) is 37.0. The monoisotopic (exact) mass is 884 g/mol. The van der Waals surface area contributed by atoms with Crippen molar-refractivity contribution < 1.29 is 38.5 Å². The second-order valence-electron chi connectivity index (χ2n) is 16.8. The molecule has 0 aliphatic carbocycles. The summed E-state index contributed by atoms with van der Waals surface area (Å²) in [6, 6.07) is 17.8. The first-order valence-corrected chi connectivity index (χ1v) is 21.1. The van der Waals surface area contributed by atoms with Crippen molar-refractivity contribution in [2.45, 2.75) is 65.6 Å². The molecule has 0 radical (unpaired) electrons. The Labute approximate surface area is 376 Å². The highest BCUT2D eigenvalue weighted by Crippen LogP contribution is 2.40. The number of aromatic nitrogens is 5. The normalized spacial score (nSPS) is 13.4. The summed E-state index contributed by atoms with van der Waals surface area (Å²) >= 11 is 0. The maximum Gasteiger partial charge on any atom is 0.326 e. The number of pyridine rings is 3. The molecule has 0 saturated carbocycles. The van der Waals surface area contributed by atoms with Crippen LogP contribution in [0.15, 0.2) is 85.5 Å². The number of hydrogen-bond donors (Lipinski definition) is 4. The lowest BCUT2D eigenvalue weighted by Crippen LogP contribution is -2.44. The Balaban J connectivity index is 0.864. The maximum atomic E-state index is 13.3. The molecule has 6 rings (SSSR count). The first kappa shape index (κ1) is 47.1. The summed E-state index contributed by atoms with van der Waals surface area (Å²) in [6.07, 6.45) is 7.10. The Morgan fingerprint density at radius 3 is 2.32 bits per heavy atom. The second kappa shape index (κ2) is 21.3. The summed E-state index contributed by atoms with van der Waals surface area (Å²) < 4.78 is 17.0. The number of carbonyl (C=O) groups is 4. The Kier molecular flexibility index (Phi) is 15.5. The molecule has 65 heavy (non-hydrogen) atoms. The number of nitrogens with one attached hydrogen (secondary N) is 3. The van der Waals surface area contributed by atoms with Gasteiger partial charge in [-0.1, -0.05) is 32.9 Å². The number of fused-ring (bicyclic) bond motifs is 1. The van der Waals surface area contributed by atoms with Crippen molar-refractivity contribution in [2.75, 3.05) is 49.7 Å². The molecule has 0 spiro atoms. The van der Waals surface area contributed by atoms with Gasteiger partial charge in [0.1, 0.15) is 29.4 Å². The third-order valence-corrected chi connectivity index (χ3v) is 10.4. The Morgan fingerprint density at radius 1 is 0.877 bits per heavy atom. The highest BCUT2D eigenvalue weighted by Gasteiger charge is 2.45. The number of nitrogens with zero attached hydrogens (tertiary/aromatic N) is 7. The lowest BCUT2D eigenvalue weighted by molar-refractivity contribution is -0.139. The predicted molar refractivity (Wildman–Crippen MR) is 240 cm³/mol. The summed E-state index contributed by atoms with van der Waals surface area (Å²) in [4.78, 5) is 74.4. The number of amides is 2. The van der Waals surface area contributed by atoms with Crippen LogP contribution in [0.5, 0.6) is 11.6 Å². The highest BCUT2D eigenvalue weighted by atomic mass is 16.5. The number of hydrogen-bond acceptors (Lipinski definition) is 15. The largest absolute Gasteiger partial charge is 0.480 e. The van der Waals surface area contributed by atoms with Crippen molar-refractivity contribution >= 4 is 35.3 Å². The summed E-state index contributed by atoms with van der Waals surface area (Å²) in [6.45, 7) is 12.0. The molecule has 4 N–H and O–H groups in total. The molecular formula is C47H52N10O8. The number of Topliss-reactive ketones (excluding diaryl/α,β-unsaturated/α-hetero) is 1. The Hall–Kier alpha value is -7.36. The molecule has 0 saturated heterocycles. The summed E-state index contributed by atoms with van der Waals surface area (Å²) in [5, 5.41) is 27.6. The smallest absolute Gasteiger partial charge is 0.326 e. The molecule has 18 heteroatoms. The lowest BCUT2D eigenvalue weighted by Gasteiger charge is -2.32. The fraction of sp³-hybridized carbons (Fsp3) is 0.362. The number of benzene rings is 1. The van der Waals surface area contributed by atoms with Gasteiger partial charge in [0.05, 0.1) is 48.8 Å². The van der Waals surface area contributed by atoms with Gasteiger partial charge in [0.15, 0.2) is 5.78 Å². The standard InChI is InChI=1S/C47H52N10O8/c1-46(2,3)16-15-37(44(61)62)56-43(60)31-11-14-39(52-26-31)65-34-10-6-8-30(24-34)42(59)50-18-20-63-22-23-64-21-19-51-45-53-27-33(28-54-45)36-13-12-35-40(58)47(4,5)57(41(35)55-36)29-32-9-7-17-49-38(32)25-48/h6-14,17,24,26-28,37H,15-16,18-23,29H2,1-5H3,(H,50,59)(H,56,60)(H,61,62)(H,51,53,54)/t37-/m0/s1. The Morgan fingerprint density at radius 2 is 1.63 bits per heavy atom. The fourth-order valence-corrected chi connectivity index (χ4v) is 6.74. The van der Waals surface area contributed by atoms with Crippen LogP contribution in [0.4, 0.5) is 11.8 Å². The molecular weight excluding hydrogens is 833 g/mol. The molecule has 5 aromatic rings. The molecule has 1 aliphatic heterocycles. The van der Waals surface area contributed by atoms with Gasteiger partial charge in [-0.15, -0.1) is 0 Å². The van der Waals surface area contributed by atoms with Gasteiger partial charge in [0.25, 0.3) is 11.8 Å². The van der Waals surface area contributed by atoms with Crippen molar-refractivity contribution in [1.29, 1.82) is 5.26 Å². The average Bonchev–Trinajstić information content (AvgIpc) is 3.48. The van der Waals surface area contributed by atoms with E-state index < -0.39 is 23.5 Å². The molecule has 1 atom stereocenters. The number of carboxylic acids is 1. The average molecular weight is 885 g/mol. The summed E-state index contributed by atoms with van der Waals surface area (Å²) in [5.74, 6) is -0.535. The molecule has 1 aromatic carbocycles. The van der Waals surface area contributed by atoms with E-state index in [1.54, 1.807) is 61.1 Å². The lowest BCUT2D eigenvalue weighted by atomic mass is 9.88. The zero-order chi connectivity index (χ0) is 46.6. The molecule has 0 fully saturated rings. The number of carbonyl (C=O) groups excluding carboxylic acids is 3. The van der Waals surface area contributed by atoms with E-state index in [2.05, 4.69) is 42.0 Å². The van der Waals surface area contributed by atoms with E-state index in [1.807, 2.05) is 45.6 Å². The molecule has 2 amide bonds. The van der Waals surface area contributed by atoms with Crippen LogP contribution in [0.3, 0.4) is 0 Å². The summed E-state index contributed by atoms with van der Waals surface area (Å²) in [7, 11) is 0. The zero-order valence-electron chi connectivity index (χ0n) is 37.0. The van der Waals surface area contributed by atoms with Crippen LogP contribution in [0.2, 0.25) is 0 Å². The van der Waals surface area contributed by atoms with Gasteiger partial charge in [-0.25, -0.2) is 29.7 Å². The van der Waals surface area contributed by atoms with Crippen LogP contribution < -0.4 is 25.6 Å². The van der Waals surface area contributed by atoms with E-state index >= 15 is 0 Å². The third kappa shape index (κ3) is 12.6. The van der Waals surface area contributed by atoms with Gasteiger partial charge in [-0.2, -0.15) is 5.26 Å². The fourth-order valence-electron chi connectivity index (χ4n) is 6.74. The SMILES string of the molecule is CC(C)(C)CC[C@H](NC(=O)c1ccc(Oc2cccc(C(=O)NCCOCCOCCNc3ncc(-c4ccc5c(n4)N(Cc4cccnc4C#N)C(C)(C)C5=O)cn3)c2)nc1)C(=O)O. The number of carboxylic acid groups (broad SMARTS) is 1. The minimum Gasteiger partial charge on any atom is -0.480 e. The minimum atomic E-state index is -1.10. The highest BCUT2D eigenvalue weighted by molar-refractivity contribution is 6.13. The number of aliphatic carboxylic acids is 1. The van der Waals surface area contributed by atoms with Crippen LogP contribution in [0.1, 0.15) is 89.8 Å². The molecule has 0 unspecified atom stereocenters. The minimum absolute atomic E-state index is 0.0531. The number of nitriles is 1. The first-order chi connectivity index (χ1) is 31.1. The molecule has 18 nitrogen and oxygen atoms in total. The van der Waals surface area contributed by atoms with Crippen LogP contribution in [-0.2, 0) is 20.8 Å². The topological polar surface area (TPSA) is 244 Å². The van der Waals surface area contributed by atoms with Gasteiger partial charge in [-0.3, -0.25) is 14.4 Å². The number of ether oxygens (including phenoxy) is 3. The van der Waals surface area contributed by atoms with Crippen molar-refractivity contribution in [3.8, 4) is 29.0 Å². The van der Waals surface area contributed by atoms with Crippen molar-refractivity contribution in [3.05, 3.63) is 113 Å². The van der Waals surface area contributed by atoms with Crippen LogP contribution in [0.25, 0.3) is 11.3 Å². The van der Waals surface area contributed by atoms with E-state index in [0.717, 1.165) is 0 Å². The van der Waals surface area contributed by atoms with E-state index in [9.17, 15) is 29.5 Å². The number of ketones is 1. The van der Waals surface area contributed by atoms with E-state index in [4.69, 9.17) is 19.2 Å². The first-order valence-electron chi connectivity index (χ1n) is 21.1. The predicted octanol–water partition coefficient (Wildman–Crippen LogP) is 5.86. The van der Waals surface area contributed by atoms with Gasteiger partial charge in [0.2, 0.25) is 11.8 Å². The number of anilines is 2. The molecule has 4 aromatic heterocycles.